The summed E-state index contributed by atoms with van der Waals surface area (Å²) in [5.74, 6) is 0.838. The Kier molecular flexibility index (Phi) is 5.14. The lowest BCUT2D eigenvalue weighted by molar-refractivity contribution is 0.921. The second kappa shape index (κ2) is 9.40. The maximum absolute atomic E-state index is 5.06. The highest BCUT2D eigenvalue weighted by atomic mass is 15.3. The highest BCUT2D eigenvalue weighted by Gasteiger charge is 2.19. The molecule has 0 atom stereocenters. The molecule has 0 saturated carbocycles. The van der Waals surface area contributed by atoms with Gasteiger partial charge in [0.25, 0.3) is 0 Å². The van der Waals surface area contributed by atoms with Crippen LogP contribution < -0.4 is 0 Å². The molecule has 6 aromatic carbocycles. The third-order valence-electron chi connectivity index (χ3n) is 9.30. The summed E-state index contributed by atoms with van der Waals surface area (Å²) < 4.78 is 6.76. The van der Waals surface area contributed by atoms with Gasteiger partial charge in [0.1, 0.15) is 0 Å². The van der Waals surface area contributed by atoms with Crippen molar-refractivity contribution in [2.45, 2.75) is 6.92 Å². The summed E-state index contributed by atoms with van der Waals surface area (Å²) in [5, 5.41) is 10.9. The zero-order valence-corrected chi connectivity index (χ0v) is 25.1. The molecule has 4 aromatic heterocycles. The van der Waals surface area contributed by atoms with E-state index in [1.807, 2.05) is 17.5 Å². The molecule has 10 aromatic rings. The van der Waals surface area contributed by atoms with Crippen LogP contribution in [0.5, 0.6) is 0 Å². The van der Waals surface area contributed by atoms with Gasteiger partial charge < -0.3 is 9.13 Å². The molecule has 0 amide bonds. The van der Waals surface area contributed by atoms with Crippen LogP contribution in [0.3, 0.4) is 0 Å². The minimum Gasteiger partial charge on any atom is -0.309 e. The van der Waals surface area contributed by atoms with Crippen molar-refractivity contribution >= 4 is 60.0 Å². The molecule has 0 aliphatic carbocycles. The van der Waals surface area contributed by atoms with Crippen molar-refractivity contribution < 1.29 is 0 Å². The van der Waals surface area contributed by atoms with Gasteiger partial charge in [-0.25, -0.2) is 9.50 Å². The lowest BCUT2D eigenvalue weighted by Crippen LogP contribution is -2.00. The average Bonchev–Trinajstić information content (AvgIpc) is 3.76. The van der Waals surface area contributed by atoms with Crippen molar-refractivity contribution in [1.82, 2.24) is 23.7 Å². The quantitative estimate of drug-likeness (QED) is 0.206. The molecule has 10 rings (SSSR count). The number of aromatic nitrogens is 5. The minimum atomic E-state index is 0.838. The Balaban J connectivity index is 1.22. The molecular weight excluding hydrogens is 562 g/mol. The van der Waals surface area contributed by atoms with Crippen LogP contribution in [0.25, 0.3) is 82.8 Å². The summed E-state index contributed by atoms with van der Waals surface area (Å²) in [5.41, 5.74) is 11.1. The standard InChI is InChI=1S/C41H27N5/c1-26-23-40-32-15-5-8-16-35(32)42-41(46(40)43-26)27-19-21-29(22-20-27)45-37-18-10-7-14-31(37)34-24-33-30-13-6-9-17-36(30)44(38(33)25-39(34)45)28-11-3-2-4-12-28/h2-25H,1H3. The largest absolute Gasteiger partial charge is 0.309 e. The lowest BCUT2D eigenvalue weighted by atomic mass is 10.1. The van der Waals surface area contributed by atoms with Crippen molar-refractivity contribution in [2.24, 2.45) is 0 Å². The van der Waals surface area contributed by atoms with Gasteiger partial charge in [-0.1, -0.05) is 72.8 Å². The molecule has 0 spiro atoms. The van der Waals surface area contributed by atoms with Gasteiger partial charge in [0, 0.05) is 43.9 Å². The number of rotatable bonds is 3. The van der Waals surface area contributed by atoms with E-state index in [9.17, 15) is 0 Å². The first-order valence-electron chi connectivity index (χ1n) is 15.6. The summed E-state index contributed by atoms with van der Waals surface area (Å²) in [6.07, 6.45) is 0. The molecule has 0 fully saturated rings. The first-order valence-corrected chi connectivity index (χ1v) is 15.6. The van der Waals surface area contributed by atoms with Gasteiger partial charge in [0.15, 0.2) is 5.82 Å². The topological polar surface area (TPSA) is 40.0 Å². The van der Waals surface area contributed by atoms with Gasteiger partial charge in [-0.05, 0) is 79.7 Å². The van der Waals surface area contributed by atoms with E-state index >= 15 is 0 Å². The highest BCUT2D eigenvalue weighted by Crippen LogP contribution is 2.39. The predicted octanol–water partition coefficient (Wildman–Crippen LogP) is 10.1. The molecule has 0 saturated heterocycles. The Morgan fingerprint density at radius 2 is 1.00 bits per heavy atom. The smallest absolute Gasteiger partial charge is 0.161 e. The number of para-hydroxylation sites is 4. The monoisotopic (exact) mass is 589 g/mol. The van der Waals surface area contributed by atoms with Crippen LogP contribution in [0.1, 0.15) is 5.69 Å². The van der Waals surface area contributed by atoms with Gasteiger partial charge in [-0.3, -0.25) is 0 Å². The van der Waals surface area contributed by atoms with E-state index in [4.69, 9.17) is 10.1 Å². The third kappa shape index (κ3) is 3.51. The van der Waals surface area contributed by atoms with E-state index in [2.05, 4.69) is 149 Å². The number of hydrogen-bond donors (Lipinski definition) is 0. The van der Waals surface area contributed by atoms with Gasteiger partial charge in [0.05, 0.1) is 38.8 Å². The number of benzene rings is 6. The molecule has 0 N–H and O–H groups in total. The number of fused-ring (bicyclic) bond motifs is 9. The van der Waals surface area contributed by atoms with Crippen molar-refractivity contribution in [3.63, 3.8) is 0 Å². The summed E-state index contributed by atoms with van der Waals surface area (Å²) >= 11 is 0. The summed E-state index contributed by atoms with van der Waals surface area (Å²) in [6, 6.07) is 52.0. The molecule has 0 unspecified atom stereocenters. The zero-order valence-electron chi connectivity index (χ0n) is 25.1. The van der Waals surface area contributed by atoms with E-state index in [0.29, 0.717) is 0 Å². The van der Waals surface area contributed by atoms with Crippen molar-refractivity contribution in [3.8, 4) is 22.8 Å². The molecule has 5 heteroatoms. The van der Waals surface area contributed by atoms with Crippen LogP contribution in [0, 0.1) is 6.92 Å². The van der Waals surface area contributed by atoms with Crippen molar-refractivity contribution in [2.75, 3.05) is 0 Å². The molecule has 216 valence electrons. The second-order valence-corrected chi connectivity index (χ2v) is 12.0. The molecular formula is C41H27N5. The molecule has 0 bridgehead atoms. The van der Waals surface area contributed by atoms with Crippen LogP contribution in [0.15, 0.2) is 146 Å². The molecule has 5 nitrogen and oxygen atoms in total. The third-order valence-corrected chi connectivity index (χ3v) is 9.30. The fourth-order valence-electron chi connectivity index (χ4n) is 7.31. The van der Waals surface area contributed by atoms with E-state index in [0.717, 1.165) is 44.9 Å². The van der Waals surface area contributed by atoms with Crippen LogP contribution in [-0.4, -0.2) is 23.7 Å². The van der Waals surface area contributed by atoms with E-state index in [1.165, 1.54) is 43.6 Å². The maximum atomic E-state index is 5.06. The van der Waals surface area contributed by atoms with Gasteiger partial charge in [-0.2, -0.15) is 5.10 Å². The molecule has 4 heterocycles. The van der Waals surface area contributed by atoms with Crippen LogP contribution >= 0.6 is 0 Å². The SMILES string of the molecule is Cc1cc2c3ccccc3nc(-c3ccc(-n4c5ccccc5c5cc6c7ccccc7n(-c7ccccc7)c6cc54)cc3)n2n1. The minimum absolute atomic E-state index is 0.838. The molecule has 0 radical (unpaired) electrons. The Hall–Kier alpha value is -6.20. The van der Waals surface area contributed by atoms with Crippen LogP contribution in [-0.2, 0) is 0 Å². The summed E-state index contributed by atoms with van der Waals surface area (Å²) in [6.45, 7) is 2.03. The fraction of sp³-hybridized carbons (Fsp3) is 0.0244. The van der Waals surface area contributed by atoms with Crippen molar-refractivity contribution in [1.29, 1.82) is 0 Å². The molecule has 46 heavy (non-hydrogen) atoms. The Labute approximate surface area is 264 Å². The van der Waals surface area contributed by atoms with Crippen LogP contribution in [0.4, 0.5) is 0 Å². The Bertz CT molecular complexity index is 2800. The van der Waals surface area contributed by atoms with Gasteiger partial charge in [0.2, 0.25) is 0 Å². The average molecular weight is 590 g/mol. The molecule has 0 aliphatic heterocycles. The van der Waals surface area contributed by atoms with Crippen molar-refractivity contribution in [3.05, 3.63) is 151 Å². The first kappa shape index (κ1) is 25.2. The number of nitrogens with zero attached hydrogens (tertiary/aromatic N) is 5. The Morgan fingerprint density at radius 1 is 0.435 bits per heavy atom. The lowest BCUT2D eigenvalue weighted by Gasteiger charge is -2.11. The first-order chi connectivity index (χ1) is 22.7. The maximum Gasteiger partial charge on any atom is 0.161 e. The normalized spacial score (nSPS) is 12.0. The second-order valence-electron chi connectivity index (χ2n) is 12.0. The number of hydrogen-bond acceptors (Lipinski definition) is 2. The van der Waals surface area contributed by atoms with E-state index in [1.54, 1.807) is 0 Å². The number of aryl methyl sites for hydroxylation is 1. The summed E-state index contributed by atoms with van der Waals surface area (Å²) in [4.78, 5) is 5.06. The Morgan fingerprint density at radius 3 is 1.67 bits per heavy atom. The van der Waals surface area contributed by atoms with E-state index < -0.39 is 0 Å². The highest BCUT2D eigenvalue weighted by molar-refractivity contribution is 6.19. The molecule has 0 aliphatic rings. The van der Waals surface area contributed by atoms with Gasteiger partial charge >= 0.3 is 0 Å². The van der Waals surface area contributed by atoms with Gasteiger partial charge in [-0.15, -0.1) is 0 Å². The predicted molar refractivity (Wildman–Crippen MR) is 189 cm³/mol. The summed E-state index contributed by atoms with van der Waals surface area (Å²) in [7, 11) is 0. The fourth-order valence-corrected chi connectivity index (χ4v) is 7.31. The zero-order chi connectivity index (χ0) is 30.4. The van der Waals surface area contributed by atoms with E-state index in [-0.39, 0.29) is 0 Å². The van der Waals surface area contributed by atoms with Crippen LogP contribution in [0.2, 0.25) is 0 Å².